The van der Waals surface area contributed by atoms with Crippen molar-refractivity contribution in [1.82, 2.24) is 0 Å². The second-order valence-electron chi connectivity index (χ2n) is 4.44. The minimum Gasteiger partial charge on any atom is -0.464 e. The lowest BCUT2D eigenvalue weighted by molar-refractivity contribution is -0.384. The van der Waals surface area contributed by atoms with Gasteiger partial charge in [-0.2, -0.15) is 18.3 Å². The van der Waals surface area contributed by atoms with Crippen molar-refractivity contribution in [2.24, 2.45) is 10.2 Å². The van der Waals surface area contributed by atoms with Gasteiger partial charge in [0.15, 0.2) is 11.5 Å². The molecule has 1 unspecified atom stereocenters. The highest BCUT2D eigenvalue weighted by Gasteiger charge is 2.33. The molecule has 0 aliphatic carbocycles. The first kappa shape index (κ1) is 19.2. The van der Waals surface area contributed by atoms with Crippen LogP contribution < -0.4 is 0 Å². The van der Waals surface area contributed by atoms with Crippen molar-refractivity contribution < 1.29 is 32.4 Å². The Labute approximate surface area is 133 Å². The number of nitro groups is 1. The minimum absolute atomic E-state index is 0.0292. The molecule has 1 atom stereocenters. The number of carbonyl (C=O) groups excluding carboxylic acids is 2. The van der Waals surface area contributed by atoms with Crippen LogP contribution in [0.2, 0.25) is 0 Å². The van der Waals surface area contributed by atoms with Crippen LogP contribution >= 0.6 is 0 Å². The van der Waals surface area contributed by atoms with Gasteiger partial charge in [-0.15, -0.1) is 5.11 Å². The molecule has 0 spiro atoms. The SMILES string of the molecule is CCOC(=O)C(N=Nc1ccc(C(F)(F)F)cc1[N+](=O)[O-])C(C)=O. The minimum atomic E-state index is -4.77. The first-order chi connectivity index (χ1) is 11.1. The van der Waals surface area contributed by atoms with Gasteiger partial charge >= 0.3 is 12.1 Å². The third-order valence-corrected chi connectivity index (χ3v) is 2.68. The van der Waals surface area contributed by atoms with Gasteiger partial charge < -0.3 is 4.74 Å². The van der Waals surface area contributed by atoms with Gasteiger partial charge in [0.25, 0.3) is 5.69 Å². The molecule has 8 nitrogen and oxygen atoms in total. The molecule has 0 aliphatic heterocycles. The topological polar surface area (TPSA) is 111 Å². The van der Waals surface area contributed by atoms with Crippen LogP contribution in [-0.2, 0) is 20.5 Å². The number of halogens is 3. The molecule has 0 aromatic heterocycles. The zero-order valence-electron chi connectivity index (χ0n) is 12.5. The number of Topliss-reactive ketones (excluding diaryl/α,β-unsaturated/α-hetero) is 1. The van der Waals surface area contributed by atoms with Crippen LogP contribution in [0, 0.1) is 10.1 Å². The molecule has 0 radical (unpaired) electrons. The Morgan fingerprint density at radius 3 is 2.46 bits per heavy atom. The highest BCUT2D eigenvalue weighted by atomic mass is 19.4. The zero-order chi connectivity index (χ0) is 18.5. The van der Waals surface area contributed by atoms with E-state index in [1.807, 2.05) is 0 Å². The molecule has 1 aromatic rings. The normalized spacial score (nSPS) is 12.9. The van der Waals surface area contributed by atoms with E-state index in [-0.39, 0.29) is 6.61 Å². The fourth-order valence-electron chi connectivity index (χ4n) is 1.57. The molecule has 0 heterocycles. The highest BCUT2D eigenvalue weighted by molar-refractivity contribution is 6.02. The maximum Gasteiger partial charge on any atom is 0.416 e. The fourth-order valence-corrected chi connectivity index (χ4v) is 1.57. The quantitative estimate of drug-likeness (QED) is 0.258. The Morgan fingerprint density at radius 2 is 2.00 bits per heavy atom. The standard InChI is InChI=1S/C13H12F3N3O5/c1-3-24-12(21)11(7(2)20)18-17-9-5-4-8(13(14,15)16)6-10(9)19(22)23/h4-6,11H,3H2,1-2H3. The summed E-state index contributed by atoms with van der Waals surface area (Å²) in [6.45, 7) is 2.49. The number of benzene rings is 1. The van der Waals surface area contributed by atoms with E-state index in [0.717, 1.165) is 13.0 Å². The summed E-state index contributed by atoms with van der Waals surface area (Å²) in [5.74, 6) is -1.74. The Morgan fingerprint density at radius 1 is 1.38 bits per heavy atom. The van der Waals surface area contributed by atoms with Gasteiger partial charge in [-0.3, -0.25) is 14.9 Å². The van der Waals surface area contributed by atoms with Gasteiger partial charge in [-0.25, -0.2) is 4.79 Å². The number of nitrogens with zero attached hydrogens (tertiary/aromatic N) is 3. The van der Waals surface area contributed by atoms with Crippen LogP contribution in [-0.4, -0.2) is 29.3 Å². The van der Waals surface area contributed by atoms with Crippen molar-refractivity contribution in [3.63, 3.8) is 0 Å². The largest absolute Gasteiger partial charge is 0.464 e. The number of carbonyl (C=O) groups is 2. The predicted molar refractivity (Wildman–Crippen MR) is 73.7 cm³/mol. The molecule has 1 aromatic carbocycles. The van der Waals surface area contributed by atoms with E-state index in [4.69, 9.17) is 0 Å². The molecule has 24 heavy (non-hydrogen) atoms. The molecule has 0 bridgehead atoms. The number of hydrogen-bond acceptors (Lipinski definition) is 7. The smallest absolute Gasteiger partial charge is 0.416 e. The summed E-state index contributed by atoms with van der Waals surface area (Å²) in [6.07, 6.45) is -4.77. The van der Waals surface area contributed by atoms with E-state index >= 15 is 0 Å². The summed E-state index contributed by atoms with van der Waals surface area (Å²) in [5.41, 5.74) is -2.72. The van der Waals surface area contributed by atoms with E-state index in [2.05, 4.69) is 15.0 Å². The van der Waals surface area contributed by atoms with Crippen molar-refractivity contribution >= 4 is 23.1 Å². The van der Waals surface area contributed by atoms with Crippen molar-refractivity contribution in [3.8, 4) is 0 Å². The van der Waals surface area contributed by atoms with Crippen LogP contribution in [0.3, 0.4) is 0 Å². The number of alkyl halides is 3. The number of rotatable bonds is 6. The van der Waals surface area contributed by atoms with Crippen LogP contribution in [0.4, 0.5) is 24.5 Å². The van der Waals surface area contributed by atoms with Crippen molar-refractivity contribution in [3.05, 3.63) is 33.9 Å². The number of ether oxygens (including phenoxy) is 1. The number of esters is 1. The summed E-state index contributed by atoms with van der Waals surface area (Å²) >= 11 is 0. The fraction of sp³-hybridized carbons (Fsp3) is 0.385. The van der Waals surface area contributed by atoms with E-state index in [9.17, 15) is 32.9 Å². The van der Waals surface area contributed by atoms with Crippen LogP contribution in [0.5, 0.6) is 0 Å². The van der Waals surface area contributed by atoms with E-state index < -0.39 is 45.8 Å². The number of ketones is 1. The lowest BCUT2D eigenvalue weighted by Gasteiger charge is -2.08. The monoisotopic (exact) mass is 347 g/mol. The molecular weight excluding hydrogens is 335 g/mol. The van der Waals surface area contributed by atoms with Crippen molar-refractivity contribution in [2.75, 3.05) is 6.61 Å². The molecule has 0 saturated carbocycles. The maximum atomic E-state index is 12.6. The molecular formula is C13H12F3N3O5. The van der Waals surface area contributed by atoms with Crippen molar-refractivity contribution in [1.29, 1.82) is 0 Å². The van der Waals surface area contributed by atoms with Crippen LogP contribution in [0.1, 0.15) is 19.4 Å². The van der Waals surface area contributed by atoms with Crippen LogP contribution in [0.15, 0.2) is 28.4 Å². The number of nitro benzene ring substituents is 1. The van der Waals surface area contributed by atoms with Gasteiger partial charge in [0.05, 0.1) is 17.1 Å². The number of hydrogen-bond donors (Lipinski definition) is 0. The summed E-state index contributed by atoms with van der Waals surface area (Å²) in [7, 11) is 0. The Balaban J connectivity index is 3.23. The van der Waals surface area contributed by atoms with Crippen molar-refractivity contribution in [2.45, 2.75) is 26.1 Å². The van der Waals surface area contributed by atoms with Gasteiger partial charge in [-0.1, -0.05) is 0 Å². The maximum absolute atomic E-state index is 12.6. The lowest BCUT2D eigenvalue weighted by atomic mass is 10.1. The van der Waals surface area contributed by atoms with Gasteiger partial charge in [0.2, 0.25) is 6.04 Å². The van der Waals surface area contributed by atoms with Gasteiger partial charge in [0.1, 0.15) is 0 Å². The van der Waals surface area contributed by atoms with E-state index in [1.165, 1.54) is 6.92 Å². The highest BCUT2D eigenvalue weighted by Crippen LogP contribution is 2.36. The first-order valence-electron chi connectivity index (χ1n) is 6.51. The molecule has 1 rings (SSSR count). The molecule has 0 N–H and O–H groups in total. The average Bonchev–Trinajstić information content (AvgIpc) is 2.46. The Kier molecular flexibility index (Phi) is 6.09. The van der Waals surface area contributed by atoms with Gasteiger partial charge in [-0.05, 0) is 26.0 Å². The third-order valence-electron chi connectivity index (χ3n) is 2.68. The summed E-state index contributed by atoms with van der Waals surface area (Å²) < 4.78 is 42.4. The molecule has 11 heteroatoms. The summed E-state index contributed by atoms with van der Waals surface area (Å²) in [6, 6.07) is -0.0464. The third kappa shape index (κ3) is 4.83. The molecule has 0 saturated heterocycles. The second-order valence-corrected chi connectivity index (χ2v) is 4.44. The first-order valence-corrected chi connectivity index (χ1v) is 6.51. The Hall–Kier alpha value is -2.85. The van der Waals surface area contributed by atoms with E-state index in [0.29, 0.717) is 12.1 Å². The summed E-state index contributed by atoms with van der Waals surface area (Å²) in [4.78, 5) is 32.7. The van der Waals surface area contributed by atoms with E-state index in [1.54, 1.807) is 0 Å². The Bertz CT molecular complexity index is 688. The van der Waals surface area contributed by atoms with Gasteiger partial charge in [0, 0.05) is 6.07 Å². The molecule has 130 valence electrons. The number of azo groups is 1. The average molecular weight is 347 g/mol. The molecule has 0 aliphatic rings. The lowest BCUT2D eigenvalue weighted by Crippen LogP contribution is -2.28. The summed E-state index contributed by atoms with van der Waals surface area (Å²) in [5, 5.41) is 17.6. The van der Waals surface area contributed by atoms with Crippen LogP contribution in [0.25, 0.3) is 0 Å². The molecule has 0 fully saturated rings. The molecule has 0 amide bonds. The predicted octanol–water partition coefficient (Wildman–Crippen LogP) is 3.22. The second kappa shape index (κ2) is 7.62. The zero-order valence-corrected chi connectivity index (χ0v) is 12.5.